The standard InChI is InChI=1S/C15H20N2O4/c18-10-12-8-4-5-9-17(12)15(21)16-13(14(19)20)11-6-2-1-3-7-11/h1-3,6-7,12-13,18H,4-5,8-10H2,(H,16,21)(H,19,20)/t12?,13-/m0/s1. The maximum absolute atomic E-state index is 12.3. The summed E-state index contributed by atoms with van der Waals surface area (Å²) in [6, 6.07) is 6.83. The van der Waals surface area contributed by atoms with E-state index in [1.807, 2.05) is 0 Å². The van der Waals surface area contributed by atoms with Crippen molar-refractivity contribution in [2.75, 3.05) is 13.2 Å². The number of hydrogen-bond acceptors (Lipinski definition) is 3. The number of piperidine rings is 1. The van der Waals surface area contributed by atoms with E-state index in [1.54, 1.807) is 30.3 Å². The van der Waals surface area contributed by atoms with Gasteiger partial charge in [-0.2, -0.15) is 0 Å². The van der Waals surface area contributed by atoms with Gasteiger partial charge in [0.25, 0.3) is 0 Å². The van der Waals surface area contributed by atoms with Crippen molar-refractivity contribution in [2.24, 2.45) is 0 Å². The molecule has 0 radical (unpaired) electrons. The van der Waals surface area contributed by atoms with E-state index in [9.17, 15) is 19.8 Å². The van der Waals surface area contributed by atoms with Crippen molar-refractivity contribution in [3.8, 4) is 0 Å². The van der Waals surface area contributed by atoms with Crippen LogP contribution in [0, 0.1) is 0 Å². The first kappa shape index (κ1) is 15.3. The number of urea groups is 1. The number of hydrogen-bond donors (Lipinski definition) is 3. The normalized spacial score (nSPS) is 19.9. The summed E-state index contributed by atoms with van der Waals surface area (Å²) in [4.78, 5) is 25.2. The van der Waals surface area contributed by atoms with Gasteiger partial charge in [0.15, 0.2) is 6.04 Å². The van der Waals surface area contributed by atoms with E-state index in [0.717, 1.165) is 19.3 Å². The molecule has 1 aromatic carbocycles. The van der Waals surface area contributed by atoms with Gasteiger partial charge in [-0.3, -0.25) is 0 Å². The van der Waals surface area contributed by atoms with E-state index in [2.05, 4.69) is 5.32 Å². The highest BCUT2D eigenvalue weighted by molar-refractivity contribution is 5.83. The summed E-state index contributed by atoms with van der Waals surface area (Å²) in [5.74, 6) is -1.10. The van der Waals surface area contributed by atoms with Crippen LogP contribution in [0.4, 0.5) is 4.79 Å². The highest BCUT2D eigenvalue weighted by atomic mass is 16.4. The number of aliphatic carboxylic acids is 1. The second-order valence-corrected chi connectivity index (χ2v) is 5.16. The van der Waals surface area contributed by atoms with Gasteiger partial charge in [0.05, 0.1) is 12.6 Å². The van der Waals surface area contributed by atoms with Crippen LogP contribution < -0.4 is 5.32 Å². The Bertz CT molecular complexity index is 492. The summed E-state index contributed by atoms with van der Waals surface area (Å²) in [5, 5.41) is 21.2. The molecule has 6 heteroatoms. The number of benzene rings is 1. The molecule has 114 valence electrons. The molecule has 1 aliphatic heterocycles. The zero-order chi connectivity index (χ0) is 15.2. The topological polar surface area (TPSA) is 89.9 Å². The van der Waals surface area contributed by atoms with Crippen molar-refractivity contribution in [1.82, 2.24) is 10.2 Å². The lowest BCUT2D eigenvalue weighted by Gasteiger charge is -2.35. The number of nitrogens with one attached hydrogen (secondary N) is 1. The number of likely N-dealkylation sites (tertiary alicyclic amines) is 1. The lowest BCUT2D eigenvalue weighted by Crippen LogP contribution is -2.51. The Hall–Kier alpha value is -2.08. The van der Waals surface area contributed by atoms with Crippen LogP contribution in [-0.4, -0.2) is 46.3 Å². The molecule has 0 saturated carbocycles. The molecule has 21 heavy (non-hydrogen) atoms. The van der Waals surface area contributed by atoms with E-state index in [0.29, 0.717) is 12.1 Å². The van der Waals surface area contributed by atoms with E-state index in [1.165, 1.54) is 4.90 Å². The molecule has 2 atom stereocenters. The molecule has 0 aromatic heterocycles. The van der Waals surface area contributed by atoms with E-state index < -0.39 is 18.0 Å². The summed E-state index contributed by atoms with van der Waals surface area (Å²) in [5.41, 5.74) is 0.524. The third-order valence-electron chi connectivity index (χ3n) is 3.75. The lowest BCUT2D eigenvalue weighted by atomic mass is 10.0. The average molecular weight is 292 g/mol. The number of amides is 2. The van der Waals surface area contributed by atoms with Gasteiger partial charge in [-0.1, -0.05) is 30.3 Å². The van der Waals surface area contributed by atoms with Crippen molar-refractivity contribution in [3.63, 3.8) is 0 Å². The maximum atomic E-state index is 12.3. The van der Waals surface area contributed by atoms with Crippen molar-refractivity contribution in [3.05, 3.63) is 35.9 Å². The highest BCUT2D eigenvalue weighted by Crippen LogP contribution is 2.19. The minimum absolute atomic E-state index is 0.101. The maximum Gasteiger partial charge on any atom is 0.330 e. The molecule has 1 fully saturated rings. The molecule has 1 saturated heterocycles. The molecule has 1 unspecified atom stereocenters. The van der Waals surface area contributed by atoms with Gasteiger partial charge in [-0.15, -0.1) is 0 Å². The van der Waals surface area contributed by atoms with Gasteiger partial charge in [0, 0.05) is 6.54 Å². The van der Waals surface area contributed by atoms with Crippen molar-refractivity contribution in [2.45, 2.75) is 31.3 Å². The number of aliphatic hydroxyl groups is 1. The quantitative estimate of drug-likeness (QED) is 0.782. The smallest absolute Gasteiger partial charge is 0.330 e. The van der Waals surface area contributed by atoms with Gasteiger partial charge >= 0.3 is 12.0 Å². The summed E-state index contributed by atoms with van der Waals surface area (Å²) < 4.78 is 0. The number of nitrogens with zero attached hydrogens (tertiary/aromatic N) is 1. The Labute approximate surface area is 123 Å². The molecular weight excluding hydrogens is 272 g/mol. The minimum Gasteiger partial charge on any atom is -0.479 e. The van der Waals surface area contributed by atoms with E-state index in [-0.39, 0.29) is 12.6 Å². The van der Waals surface area contributed by atoms with E-state index in [4.69, 9.17) is 0 Å². The number of aliphatic hydroxyl groups excluding tert-OH is 1. The van der Waals surface area contributed by atoms with Gasteiger partial charge < -0.3 is 20.4 Å². The monoisotopic (exact) mass is 292 g/mol. The van der Waals surface area contributed by atoms with Crippen LogP contribution in [0.15, 0.2) is 30.3 Å². The molecule has 0 aliphatic carbocycles. The fraction of sp³-hybridized carbons (Fsp3) is 0.467. The number of carboxylic acid groups (broad SMARTS) is 1. The van der Waals surface area contributed by atoms with Crippen LogP contribution >= 0.6 is 0 Å². The zero-order valence-electron chi connectivity index (χ0n) is 11.7. The molecule has 1 aliphatic rings. The lowest BCUT2D eigenvalue weighted by molar-refractivity contribution is -0.139. The first-order valence-corrected chi connectivity index (χ1v) is 7.09. The van der Waals surface area contributed by atoms with Crippen LogP contribution in [0.1, 0.15) is 30.9 Å². The Balaban J connectivity index is 2.10. The van der Waals surface area contributed by atoms with E-state index >= 15 is 0 Å². The fourth-order valence-corrected chi connectivity index (χ4v) is 2.60. The molecule has 0 bridgehead atoms. The van der Waals surface area contributed by atoms with Crippen LogP contribution in [0.5, 0.6) is 0 Å². The molecule has 3 N–H and O–H groups in total. The first-order chi connectivity index (χ1) is 10.1. The summed E-state index contributed by atoms with van der Waals surface area (Å²) in [7, 11) is 0. The number of rotatable bonds is 4. The second kappa shape index (κ2) is 7.08. The van der Waals surface area contributed by atoms with Gasteiger partial charge in [0.1, 0.15) is 0 Å². The Morgan fingerprint density at radius 3 is 2.62 bits per heavy atom. The highest BCUT2D eigenvalue weighted by Gasteiger charge is 2.29. The van der Waals surface area contributed by atoms with Crippen molar-refractivity contribution < 1.29 is 19.8 Å². The van der Waals surface area contributed by atoms with Gasteiger partial charge in [-0.25, -0.2) is 9.59 Å². The third-order valence-corrected chi connectivity index (χ3v) is 3.75. The first-order valence-electron chi connectivity index (χ1n) is 7.09. The van der Waals surface area contributed by atoms with Gasteiger partial charge in [0.2, 0.25) is 0 Å². The predicted octanol–water partition coefficient (Wildman–Crippen LogP) is 1.37. The Kier molecular flexibility index (Phi) is 5.16. The summed E-state index contributed by atoms with van der Waals surface area (Å²) in [6.07, 6.45) is 2.58. The molecule has 2 rings (SSSR count). The molecule has 1 aromatic rings. The predicted molar refractivity (Wildman–Crippen MR) is 76.8 cm³/mol. The molecular formula is C15H20N2O4. The van der Waals surface area contributed by atoms with Crippen molar-refractivity contribution in [1.29, 1.82) is 0 Å². The van der Waals surface area contributed by atoms with Crippen LogP contribution in [0.3, 0.4) is 0 Å². The average Bonchev–Trinajstić information content (AvgIpc) is 2.52. The molecule has 0 spiro atoms. The number of carbonyl (C=O) groups excluding carboxylic acids is 1. The Morgan fingerprint density at radius 1 is 1.29 bits per heavy atom. The zero-order valence-corrected chi connectivity index (χ0v) is 11.7. The van der Waals surface area contributed by atoms with Crippen LogP contribution in [0.25, 0.3) is 0 Å². The summed E-state index contributed by atoms with van der Waals surface area (Å²) >= 11 is 0. The molecule has 6 nitrogen and oxygen atoms in total. The summed E-state index contributed by atoms with van der Waals surface area (Å²) in [6.45, 7) is 0.439. The largest absolute Gasteiger partial charge is 0.479 e. The third kappa shape index (κ3) is 3.72. The van der Waals surface area contributed by atoms with Gasteiger partial charge in [-0.05, 0) is 24.8 Å². The minimum atomic E-state index is -1.10. The van der Waals surface area contributed by atoms with Crippen molar-refractivity contribution >= 4 is 12.0 Å². The fourth-order valence-electron chi connectivity index (χ4n) is 2.60. The Morgan fingerprint density at radius 2 is 2.00 bits per heavy atom. The molecule has 2 amide bonds. The SMILES string of the molecule is O=C(O)[C@@H](NC(=O)N1CCCCC1CO)c1ccccc1. The number of carbonyl (C=O) groups is 2. The van der Waals surface area contributed by atoms with Crippen LogP contribution in [-0.2, 0) is 4.79 Å². The second-order valence-electron chi connectivity index (χ2n) is 5.16. The molecule has 1 heterocycles. The van der Waals surface area contributed by atoms with Crippen LogP contribution in [0.2, 0.25) is 0 Å². The number of carboxylic acids is 1.